The van der Waals surface area contributed by atoms with Gasteiger partial charge in [-0.15, -0.1) is 0 Å². The summed E-state index contributed by atoms with van der Waals surface area (Å²) in [7, 11) is 1.37. The van der Waals surface area contributed by atoms with Crippen LogP contribution < -0.4 is 0 Å². The van der Waals surface area contributed by atoms with Gasteiger partial charge in [-0.2, -0.15) is 0 Å². The Labute approximate surface area is 125 Å². The van der Waals surface area contributed by atoms with E-state index in [1.807, 2.05) is 0 Å². The molecule has 21 heavy (non-hydrogen) atoms. The first-order chi connectivity index (χ1) is 10.1. The number of ether oxygens (including phenoxy) is 3. The van der Waals surface area contributed by atoms with E-state index in [0.29, 0.717) is 32.2 Å². The van der Waals surface area contributed by atoms with Crippen molar-refractivity contribution >= 4 is 5.97 Å². The zero-order valence-electron chi connectivity index (χ0n) is 12.4. The maximum Gasteiger partial charge on any atom is 0.305 e. The number of methoxy groups -OCH3 is 1. The Kier molecular flexibility index (Phi) is 5.57. The van der Waals surface area contributed by atoms with Gasteiger partial charge in [-0.25, -0.2) is 6.57 Å². The molecule has 2 heterocycles. The third-order valence-corrected chi connectivity index (χ3v) is 4.40. The maximum absolute atomic E-state index is 11.2. The van der Waals surface area contributed by atoms with E-state index in [1.54, 1.807) is 0 Å². The van der Waals surface area contributed by atoms with Gasteiger partial charge in [-0.05, 0) is 19.3 Å². The molecule has 0 aromatic heterocycles. The molecule has 0 amide bonds. The molecular weight excluding hydrogens is 274 g/mol. The molecule has 0 bridgehead atoms. The van der Waals surface area contributed by atoms with Gasteiger partial charge < -0.3 is 24.2 Å². The Morgan fingerprint density at radius 3 is 2.90 bits per heavy atom. The van der Waals surface area contributed by atoms with E-state index in [0.717, 1.165) is 12.8 Å². The lowest BCUT2D eigenvalue weighted by atomic mass is 9.86. The summed E-state index contributed by atoms with van der Waals surface area (Å²) in [6.45, 7) is 7.22. The van der Waals surface area contributed by atoms with Gasteiger partial charge in [-0.3, -0.25) is 4.79 Å². The van der Waals surface area contributed by atoms with Crippen LogP contribution in [0.25, 0.3) is 4.85 Å². The van der Waals surface area contributed by atoms with Crippen molar-refractivity contribution in [2.45, 2.75) is 62.4 Å². The summed E-state index contributed by atoms with van der Waals surface area (Å²) in [5, 5.41) is 9.78. The Balaban J connectivity index is 1.92. The molecule has 118 valence electrons. The average molecular weight is 297 g/mol. The first kappa shape index (κ1) is 16.2. The summed E-state index contributed by atoms with van der Waals surface area (Å²) in [6.07, 6.45) is 3.70. The molecule has 0 spiro atoms. The first-order valence-electron chi connectivity index (χ1n) is 7.47. The molecule has 0 radical (unpaired) electrons. The molecule has 0 aromatic rings. The zero-order chi connectivity index (χ0) is 15.3. The van der Waals surface area contributed by atoms with E-state index in [-0.39, 0.29) is 30.9 Å². The van der Waals surface area contributed by atoms with E-state index in [2.05, 4.69) is 9.58 Å². The minimum Gasteiger partial charge on any atom is -0.469 e. The molecule has 0 aliphatic carbocycles. The van der Waals surface area contributed by atoms with Gasteiger partial charge in [0.1, 0.15) is 5.60 Å². The molecule has 0 aromatic carbocycles. The number of hydrogen-bond acceptors (Lipinski definition) is 5. The molecular formula is C15H23NO5. The lowest BCUT2D eigenvalue weighted by molar-refractivity contribution is -0.182. The van der Waals surface area contributed by atoms with Crippen LogP contribution in [-0.4, -0.2) is 55.3 Å². The fourth-order valence-corrected chi connectivity index (χ4v) is 3.27. The molecule has 4 atom stereocenters. The van der Waals surface area contributed by atoms with Gasteiger partial charge in [0.05, 0.1) is 32.0 Å². The van der Waals surface area contributed by atoms with Crippen LogP contribution in [0.5, 0.6) is 0 Å². The van der Waals surface area contributed by atoms with Crippen molar-refractivity contribution in [2.75, 3.05) is 20.3 Å². The highest BCUT2D eigenvalue weighted by molar-refractivity contribution is 5.69. The van der Waals surface area contributed by atoms with Crippen LogP contribution in [0.2, 0.25) is 0 Å². The molecule has 2 aliphatic rings. The highest BCUT2D eigenvalue weighted by atomic mass is 16.6. The minimum atomic E-state index is -0.661. The SMILES string of the molecule is [C-]#[N+]CC[C@H]1CC[C@@H]2O[C@@H](CCC(=O)OC)CC2(CO)O1. The Morgan fingerprint density at radius 2 is 2.24 bits per heavy atom. The van der Waals surface area contributed by atoms with E-state index in [1.165, 1.54) is 7.11 Å². The largest absolute Gasteiger partial charge is 0.469 e. The second kappa shape index (κ2) is 7.21. The Morgan fingerprint density at radius 1 is 1.43 bits per heavy atom. The predicted molar refractivity (Wildman–Crippen MR) is 74.5 cm³/mol. The molecule has 1 unspecified atom stereocenters. The van der Waals surface area contributed by atoms with E-state index < -0.39 is 5.60 Å². The van der Waals surface area contributed by atoms with Crippen LogP contribution in [0.15, 0.2) is 0 Å². The number of esters is 1. The second-order valence-electron chi connectivity index (χ2n) is 5.78. The highest BCUT2D eigenvalue weighted by Gasteiger charge is 2.52. The molecule has 2 rings (SSSR count). The van der Waals surface area contributed by atoms with Gasteiger partial charge in [0, 0.05) is 19.3 Å². The molecule has 2 aliphatic heterocycles. The summed E-state index contributed by atoms with van der Waals surface area (Å²) >= 11 is 0. The van der Waals surface area contributed by atoms with Crippen LogP contribution in [0, 0.1) is 6.57 Å². The number of rotatable bonds is 6. The number of carbonyl (C=O) groups excluding carboxylic acids is 1. The average Bonchev–Trinajstić information content (AvgIpc) is 2.88. The van der Waals surface area contributed by atoms with E-state index in [4.69, 9.17) is 16.0 Å². The van der Waals surface area contributed by atoms with Gasteiger partial charge in [-0.1, -0.05) is 0 Å². The van der Waals surface area contributed by atoms with Crippen molar-refractivity contribution < 1.29 is 24.1 Å². The Bertz CT molecular complexity index is 407. The number of fused-ring (bicyclic) bond motifs is 1. The van der Waals surface area contributed by atoms with E-state index in [9.17, 15) is 9.90 Å². The van der Waals surface area contributed by atoms with Crippen LogP contribution >= 0.6 is 0 Å². The Hall–Kier alpha value is -1.16. The number of hydrogen-bond donors (Lipinski definition) is 1. The fourth-order valence-electron chi connectivity index (χ4n) is 3.27. The third-order valence-electron chi connectivity index (χ3n) is 4.40. The van der Waals surface area contributed by atoms with Crippen molar-refractivity contribution in [3.8, 4) is 0 Å². The van der Waals surface area contributed by atoms with Crippen LogP contribution in [0.3, 0.4) is 0 Å². The van der Waals surface area contributed by atoms with Crippen molar-refractivity contribution in [1.29, 1.82) is 0 Å². The number of aliphatic hydroxyl groups is 1. The quantitative estimate of drug-likeness (QED) is 0.591. The third kappa shape index (κ3) is 3.73. The fraction of sp³-hybridized carbons (Fsp3) is 0.867. The summed E-state index contributed by atoms with van der Waals surface area (Å²) < 4.78 is 16.7. The zero-order valence-corrected chi connectivity index (χ0v) is 12.4. The second-order valence-corrected chi connectivity index (χ2v) is 5.78. The summed E-state index contributed by atoms with van der Waals surface area (Å²) in [5.41, 5.74) is -0.661. The lowest BCUT2D eigenvalue weighted by Crippen LogP contribution is -2.51. The monoisotopic (exact) mass is 297 g/mol. The number of aliphatic hydroxyl groups excluding tert-OH is 1. The van der Waals surface area contributed by atoms with Crippen molar-refractivity contribution in [3.63, 3.8) is 0 Å². The van der Waals surface area contributed by atoms with Crippen LogP contribution in [0.4, 0.5) is 0 Å². The van der Waals surface area contributed by atoms with Crippen molar-refractivity contribution in [2.24, 2.45) is 0 Å². The summed E-state index contributed by atoms with van der Waals surface area (Å²) in [4.78, 5) is 14.6. The van der Waals surface area contributed by atoms with Crippen molar-refractivity contribution in [3.05, 3.63) is 11.4 Å². The molecule has 6 nitrogen and oxygen atoms in total. The van der Waals surface area contributed by atoms with Crippen molar-refractivity contribution in [1.82, 2.24) is 0 Å². The predicted octanol–water partition coefficient (Wildman–Crippen LogP) is 1.32. The molecule has 1 N–H and O–H groups in total. The lowest BCUT2D eigenvalue weighted by Gasteiger charge is -2.40. The first-order valence-corrected chi connectivity index (χ1v) is 7.47. The van der Waals surface area contributed by atoms with Gasteiger partial charge in [0.25, 0.3) is 0 Å². The van der Waals surface area contributed by atoms with Gasteiger partial charge >= 0.3 is 5.97 Å². The molecule has 0 saturated carbocycles. The topological polar surface area (TPSA) is 69.4 Å². The smallest absolute Gasteiger partial charge is 0.305 e. The van der Waals surface area contributed by atoms with Crippen LogP contribution in [0.1, 0.15) is 38.5 Å². The summed E-state index contributed by atoms with van der Waals surface area (Å²) in [5.74, 6) is -0.248. The van der Waals surface area contributed by atoms with Crippen LogP contribution in [-0.2, 0) is 19.0 Å². The maximum atomic E-state index is 11.2. The molecule has 2 saturated heterocycles. The number of nitrogens with zero attached hydrogens (tertiary/aromatic N) is 1. The molecule has 2 fully saturated rings. The normalized spacial score (nSPS) is 35.0. The van der Waals surface area contributed by atoms with E-state index >= 15 is 0 Å². The standard InChI is InChI=1S/C15H23NO5/c1-16-8-7-11-3-5-13-15(10-17,21-11)9-12(20-13)4-6-14(18)19-2/h11-13,17H,3-10H2,2H3/t11-,12+,13+,15?/m1/s1. The molecule has 6 heteroatoms. The highest BCUT2D eigenvalue weighted by Crippen LogP contribution is 2.43. The number of carbonyl (C=O) groups is 1. The summed E-state index contributed by atoms with van der Waals surface area (Å²) in [6, 6.07) is 0. The van der Waals surface area contributed by atoms with Gasteiger partial charge in [0.15, 0.2) is 0 Å². The minimum absolute atomic E-state index is 0.0189. The van der Waals surface area contributed by atoms with Gasteiger partial charge in [0.2, 0.25) is 6.54 Å².